The molecule has 0 saturated carbocycles. The van der Waals surface area contributed by atoms with Crippen LogP contribution in [0, 0.1) is 0 Å². The Kier molecular flexibility index (Phi) is 4.16. The topological polar surface area (TPSA) is 37.2 Å². The largest absolute Gasteiger partial charge is 0.373 e. The number of rotatable bonds is 5. The Hall–Kier alpha value is -1.88. The molecule has 0 aliphatic carbocycles. The molecular formula is C14H21N5. The molecular weight excluding hydrogens is 238 g/mol. The van der Waals surface area contributed by atoms with Crippen molar-refractivity contribution in [1.29, 1.82) is 0 Å². The molecule has 2 rings (SSSR count). The van der Waals surface area contributed by atoms with Gasteiger partial charge in [0.1, 0.15) is 5.69 Å². The fraction of sp³-hybridized carbons (Fsp3) is 0.429. The molecule has 0 atom stereocenters. The van der Waals surface area contributed by atoms with Crippen molar-refractivity contribution in [3.05, 3.63) is 30.5 Å². The van der Waals surface area contributed by atoms with Crippen LogP contribution in [0.5, 0.6) is 0 Å². The highest BCUT2D eigenvalue weighted by Crippen LogP contribution is 2.20. The predicted molar refractivity (Wildman–Crippen MR) is 78.3 cm³/mol. The lowest BCUT2D eigenvalue weighted by atomic mass is 10.1. The quantitative estimate of drug-likeness (QED) is 0.815. The van der Waals surface area contributed by atoms with Crippen LogP contribution in [0.1, 0.15) is 0 Å². The number of likely N-dealkylation sites (N-methyl/N-ethyl adjacent to an activating group) is 2. The van der Waals surface area contributed by atoms with Gasteiger partial charge in [-0.15, -0.1) is 5.10 Å². The molecule has 0 N–H and O–H groups in total. The van der Waals surface area contributed by atoms with Gasteiger partial charge in [-0.05, 0) is 26.2 Å². The molecule has 0 unspecified atom stereocenters. The number of benzene rings is 1. The van der Waals surface area contributed by atoms with Crippen molar-refractivity contribution in [1.82, 2.24) is 19.9 Å². The molecule has 1 heterocycles. The van der Waals surface area contributed by atoms with Gasteiger partial charge in [0.05, 0.1) is 6.20 Å². The van der Waals surface area contributed by atoms with Gasteiger partial charge in [-0.3, -0.25) is 4.68 Å². The van der Waals surface area contributed by atoms with Gasteiger partial charge in [0, 0.05) is 38.4 Å². The lowest BCUT2D eigenvalue weighted by Gasteiger charge is -2.21. The molecule has 19 heavy (non-hydrogen) atoms. The highest BCUT2D eigenvalue weighted by atomic mass is 15.4. The number of hydrogen-bond acceptors (Lipinski definition) is 4. The molecule has 2 aromatic rings. The minimum atomic E-state index is 0.907. The first-order valence-corrected chi connectivity index (χ1v) is 6.39. The van der Waals surface area contributed by atoms with Gasteiger partial charge >= 0.3 is 0 Å². The summed E-state index contributed by atoms with van der Waals surface area (Å²) in [6.45, 7) is 2.06. The van der Waals surface area contributed by atoms with Crippen molar-refractivity contribution >= 4 is 5.69 Å². The third-order valence-electron chi connectivity index (χ3n) is 3.09. The zero-order valence-electron chi connectivity index (χ0n) is 12.0. The summed E-state index contributed by atoms with van der Waals surface area (Å²) in [6.07, 6.45) is 1.92. The average molecular weight is 259 g/mol. The molecule has 0 bridgehead atoms. The molecule has 0 radical (unpaired) electrons. The maximum Gasteiger partial charge on any atom is 0.113 e. The van der Waals surface area contributed by atoms with Crippen LogP contribution in [0.4, 0.5) is 5.69 Å². The van der Waals surface area contributed by atoms with Crippen LogP contribution in [0.25, 0.3) is 11.3 Å². The number of hydrogen-bond donors (Lipinski definition) is 0. The standard InChI is InChI=1S/C14H21N5/c1-17(2)9-10-18(3)13-7-5-12(6-8-13)14-11-19(4)16-15-14/h5-8,11H,9-10H2,1-4H3. The Morgan fingerprint density at radius 1 is 1.05 bits per heavy atom. The molecule has 1 aromatic carbocycles. The molecule has 5 nitrogen and oxygen atoms in total. The summed E-state index contributed by atoms with van der Waals surface area (Å²) in [7, 11) is 8.16. The van der Waals surface area contributed by atoms with Crippen molar-refractivity contribution in [2.75, 3.05) is 39.1 Å². The molecule has 0 amide bonds. The van der Waals surface area contributed by atoms with Crippen LogP contribution in [-0.4, -0.2) is 54.1 Å². The van der Waals surface area contributed by atoms with E-state index >= 15 is 0 Å². The van der Waals surface area contributed by atoms with Crippen LogP contribution in [0.2, 0.25) is 0 Å². The van der Waals surface area contributed by atoms with E-state index in [4.69, 9.17) is 0 Å². The summed E-state index contributed by atoms with van der Waals surface area (Å²) in [5, 5.41) is 8.06. The zero-order chi connectivity index (χ0) is 13.8. The number of aromatic nitrogens is 3. The van der Waals surface area contributed by atoms with Crippen molar-refractivity contribution in [3.63, 3.8) is 0 Å². The lowest BCUT2D eigenvalue weighted by Crippen LogP contribution is -2.28. The second-order valence-electron chi connectivity index (χ2n) is 5.05. The van der Waals surface area contributed by atoms with E-state index in [-0.39, 0.29) is 0 Å². The molecule has 5 heteroatoms. The molecule has 102 valence electrons. The highest BCUT2D eigenvalue weighted by Gasteiger charge is 2.04. The van der Waals surface area contributed by atoms with Gasteiger partial charge in [0.2, 0.25) is 0 Å². The first kappa shape index (κ1) is 13.5. The van der Waals surface area contributed by atoms with E-state index < -0.39 is 0 Å². The van der Waals surface area contributed by atoms with E-state index in [9.17, 15) is 0 Å². The van der Waals surface area contributed by atoms with E-state index in [0.717, 1.165) is 24.3 Å². The Balaban J connectivity index is 2.05. The van der Waals surface area contributed by atoms with Crippen molar-refractivity contribution in [3.8, 4) is 11.3 Å². The van der Waals surface area contributed by atoms with Crippen molar-refractivity contribution in [2.45, 2.75) is 0 Å². The lowest BCUT2D eigenvalue weighted by molar-refractivity contribution is 0.416. The fourth-order valence-corrected chi connectivity index (χ4v) is 1.85. The summed E-state index contributed by atoms with van der Waals surface area (Å²) < 4.78 is 1.71. The minimum Gasteiger partial charge on any atom is -0.373 e. The molecule has 0 aliphatic heterocycles. The smallest absolute Gasteiger partial charge is 0.113 e. The monoisotopic (exact) mass is 259 g/mol. The second-order valence-corrected chi connectivity index (χ2v) is 5.05. The molecule has 0 saturated heterocycles. The van der Waals surface area contributed by atoms with E-state index in [2.05, 4.69) is 65.5 Å². The number of aryl methyl sites for hydroxylation is 1. The van der Waals surface area contributed by atoms with Crippen LogP contribution in [0.15, 0.2) is 30.5 Å². The van der Waals surface area contributed by atoms with Gasteiger partial charge in [0.25, 0.3) is 0 Å². The van der Waals surface area contributed by atoms with E-state index in [1.54, 1.807) is 4.68 Å². The summed E-state index contributed by atoms with van der Waals surface area (Å²) in [6, 6.07) is 8.43. The van der Waals surface area contributed by atoms with Crippen LogP contribution >= 0.6 is 0 Å². The number of nitrogens with zero attached hydrogens (tertiary/aromatic N) is 5. The third-order valence-corrected chi connectivity index (χ3v) is 3.09. The van der Waals surface area contributed by atoms with E-state index in [1.807, 2.05) is 13.2 Å². The summed E-state index contributed by atoms with van der Waals surface area (Å²) in [5.74, 6) is 0. The van der Waals surface area contributed by atoms with Crippen LogP contribution < -0.4 is 4.90 Å². The summed E-state index contributed by atoms with van der Waals surface area (Å²) in [5.41, 5.74) is 3.22. The second kappa shape index (κ2) is 5.84. The van der Waals surface area contributed by atoms with Gasteiger partial charge in [-0.25, -0.2) is 0 Å². The Morgan fingerprint density at radius 2 is 1.74 bits per heavy atom. The fourth-order valence-electron chi connectivity index (χ4n) is 1.85. The van der Waals surface area contributed by atoms with Gasteiger partial charge in [-0.2, -0.15) is 0 Å². The van der Waals surface area contributed by atoms with Crippen LogP contribution in [0.3, 0.4) is 0 Å². The minimum absolute atomic E-state index is 0.907. The Bertz CT molecular complexity index is 515. The normalized spacial score (nSPS) is 11.0. The molecule has 0 spiro atoms. The van der Waals surface area contributed by atoms with Gasteiger partial charge in [-0.1, -0.05) is 17.3 Å². The van der Waals surface area contributed by atoms with Gasteiger partial charge in [0.15, 0.2) is 0 Å². The first-order chi connectivity index (χ1) is 9.06. The molecule has 0 aliphatic rings. The van der Waals surface area contributed by atoms with Crippen molar-refractivity contribution in [2.24, 2.45) is 7.05 Å². The average Bonchev–Trinajstić information content (AvgIpc) is 2.83. The Labute approximate surface area is 114 Å². The first-order valence-electron chi connectivity index (χ1n) is 6.39. The van der Waals surface area contributed by atoms with Gasteiger partial charge < -0.3 is 9.80 Å². The predicted octanol–water partition coefficient (Wildman–Crippen LogP) is 1.48. The molecule has 0 fully saturated rings. The van der Waals surface area contributed by atoms with Crippen LogP contribution in [-0.2, 0) is 7.05 Å². The number of anilines is 1. The van der Waals surface area contributed by atoms with E-state index in [0.29, 0.717) is 0 Å². The molecule has 1 aromatic heterocycles. The Morgan fingerprint density at radius 3 is 2.26 bits per heavy atom. The summed E-state index contributed by atoms with van der Waals surface area (Å²) >= 11 is 0. The van der Waals surface area contributed by atoms with Crippen molar-refractivity contribution < 1.29 is 0 Å². The maximum atomic E-state index is 4.11. The van der Waals surface area contributed by atoms with E-state index in [1.165, 1.54) is 5.69 Å². The zero-order valence-corrected chi connectivity index (χ0v) is 12.0. The third kappa shape index (κ3) is 3.54. The summed E-state index contributed by atoms with van der Waals surface area (Å²) in [4.78, 5) is 4.44. The highest BCUT2D eigenvalue weighted by molar-refractivity contribution is 5.62. The SMILES string of the molecule is CN(C)CCN(C)c1ccc(-c2cn(C)nn2)cc1. The maximum absolute atomic E-state index is 4.11.